The summed E-state index contributed by atoms with van der Waals surface area (Å²) in [4.78, 5) is 4.08. The van der Waals surface area contributed by atoms with Crippen LogP contribution in [0.15, 0.2) is 24.5 Å². The fourth-order valence-corrected chi connectivity index (χ4v) is 3.13. The molecule has 1 aromatic heterocycles. The molecule has 1 atom stereocenters. The average molecular weight is 246 g/mol. The summed E-state index contributed by atoms with van der Waals surface area (Å²) in [6.45, 7) is 4.56. The van der Waals surface area contributed by atoms with E-state index in [4.69, 9.17) is 0 Å². The zero-order chi connectivity index (χ0) is 12.8. The maximum atomic E-state index is 4.08. The third kappa shape index (κ3) is 3.81. The minimum atomic E-state index is 0.445. The Hall–Kier alpha value is -0.890. The SMILES string of the molecule is CCCC1CCC(N[C@H](C)c2ccncc2)CC1. The molecule has 0 unspecified atom stereocenters. The summed E-state index contributed by atoms with van der Waals surface area (Å²) in [6.07, 6.45) is 12.0. The Balaban J connectivity index is 1.78. The molecule has 0 bridgehead atoms. The van der Waals surface area contributed by atoms with Crippen molar-refractivity contribution >= 4 is 0 Å². The Bertz CT molecular complexity index is 328. The Kier molecular flexibility index (Phi) is 5.18. The monoisotopic (exact) mass is 246 g/mol. The van der Waals surface area contributed by atoms with Crippen LogP contribution in [0.2, 0.25) is 0 Å². The van der Waals surface area contributed by atoms with Crippen LogP contribution in [0.4, 0.5) is 0 Å². The number of aromatic nitrogens is 1. The van der Waals surface area contributed by atoms with Crippen molar-refractivity contribution in [1.29, 1.82) is 0 Å². The number of hydrogen-bond acceptors (Lipinski definition) is 2. The Morgan fingerprint density at radius 3 is 2.50 bits per heavy atom. The van der Waals surface area contributed by atoms with Crippen molar-refractivity contribution < 1.29 is 0 Å². The second kappa shape index (κ2) is 6.89. The van der Waals surface area contributed by atoms with Gasteiger partial charge in [0, 0.05) is 24.5 Å². The molecule has 0 aromatic carbocycles. The van der Waals surface area contributed by atoms with Gasteiger partial charge in [-0.25, -0.2) is 0 Å². The van der Waals surface area contributed by atoms with Gasteiger partial charge in [0.1, 0.15) is 0 Å². The Morgan fingerprint density at radius 2 is 1.89 bits per heavy atom. The van der Waals surface area contributed by atoms with E-state index in [2.05, 4.69) is 36.3 Å². The van der Waals surface area contributed by atoms with Crippen LogP contribution in [0.5, 0.6) is 0 Å². The van der Waals surface area contributed by atoms with E-state index in [-0.39, 0.29) is 0 Å². The molecule has 1 saturated carbocycles. The van der Waals surface area contributed by atoms with Gasteiger partial charge in [-0.3, -0.25) is 4.98 Å². The smallest absolute Gasteiger partial charge is 0.0295 e. The van der Waals surface area contributed by atoms with E-state index in [0.717, 1.165) is 5.92 Å². The number of nitrogens with zero attached hydrogens (tertiary/aromatic N) is 1. The summed E-state index contributed by atoms with van der Waals surface area (Å²) in [5, 5.41) is 3.77. The van der Waals surface area contributed by atoms with E-state index < -0.39 is 0 Å². The number of hydrogen-bond donors (Lipinski definition) is 1. The minimum absolute atomic E-state index is 0.445. The molecule has 0 saturated heterocycles. The van der Waals surface area contributed by atoms with Crippen LogP contribution in [0.1, 0.15) is 64.0 Å². The lowest BCUT2D eigenvalue weighted by Crippen LogP contribution is -2.35. The molecule has 18 heavy (non-hydrogen) atoms. The first kappa shape index (κ1) is 13.5. The van der Waals surface area contributed by atoms with E-state index in [9.17, 15) is 0 Å². The standard InChI is InChI=1S/C16H26N2/c1-3-4-14-5-7-16(8-6-14)18-13(2)15-9-11-17-12-10-15/h9-14,16,18H,3-8H2,1-2H3/t13-,14?,16?/m1/s1. The summed E-state index contributed by atoms with van der Waals surface area (Å²) in [7, 11) is 0. The third-order valence-corrected chi connectivity index (χ3v) is 4.24. The van der Waals surface area contributed by atoms with Crippen molar-refractivity contribution in [2.24, 2.45) is 5.92 Å². The van der Waals surface area contributed by atoms with Crippen molar-refractivity contribution in [3.05, 3.63) is 30.1 Å². The molecule has 1 aliphatic carbocycles. The first-order chi connectivity index (χ1) is 8.79. The fourth-order valence-electron chi connectivity index (χ4n) is 3.13. The quantitative estimate of drug-likeness (QED) is 0.846. The molecule has 1 heterocycles. The first-order valence-corrected chi connectivity index (χ1v) is 7.45. The summed E-state index contributed by atoms with van der Waals surface area (Å²) in [5.41, 5.74) is 1.35. The topological polar surface area (TPSA) is 24.9 Å². The van der Waals surface area contributed by atoms with Crippen LogP contribution in [-0.4, -0.2) is 11.0 Å². The Labute approximate surface area is 111 Å². The average Bonchev–Trinajstić information content (AvgIpc) is 2.42. The maximum absolute atomic E-state index is 4.08. The van der Waals surface area contributed by atoms with Crippen LogP contribution in [-0.2, 0) is 0 Å². The van der Waals surface area contributed by atoms with Crippen LogP contribution in [0.25, 0.3) is 0 Å². The van der Waals surface area contributed by atoms with Gasteiger partial charge in [-0.05, 0) is 56.2 Å². The minimum Gasteiger partial charge on any atom is -0.307 e. The molecule has 1 aromatic rings. The highest BCUT2D eigenvalue weighted by atomic mass is 14.9. The first-order valence-electron chi connectivity index (χ1n) is 7.45. The Morgan fingerprint density at radius 1 is 1.22 bits per heavy atom. The van der Waals surface area contributed by atoms with Crippen LogP contribution in [0.3, 0.4) is 0 Å². The molecule has 100 valence electrons. The molecule has 0 spiro atoms. The van der Waals surface area contributed by atoms with Gasteiger partial charge in [0.2, 0.25) is 0 Å². The summed E-state index contributed by atoms with van der Waals surface area (Å²) < 4.78 is 0. The highest BCUT2D eigenvalue weighted by molar-refractivity contribution is 5.14. The zero-order valence-electron chi connectivity index (χ0n) is 11.7. The van der Waals surface area contributed by atoms with Crippen molar-refractivity contribution in [3.8, 4) is 0 Å². The predicted molar refractivity (Wildman–Crippen MR) is 76.4 cm³/mol. The van der Waals surface area contributed by atoms with Gasteiger partial charge in [0.15, 0.2) is 0 Å². The fraction of sp³-hybridized carbons (Fsp3) is 0.688. The summed E-state index contributed by atoms with van der Waals surface area (Å²) in [6, 6.07) is 5.38. The second-order valence-corrected chi connectivity index (χ2v) is 5.68. The normalized spacial score (nSPS) is 25.9. The molecule has 2 nitrogen and oxygen atoms in total. The van der Waals surface area contributed by atoms with Gasteiger partial charge in [-0.1, -0.05) is 19.8 Å². The summed E-state index contributed by atoms with van der Waals surface area (Å²) in [5.74, 6) is 0.990. The van der Waals surface area contributed by atoms with Crippen molar-refractivity contribution in [2.45, 2.75) is 64.5 Å². The van der Waals surface area contributed by atoms with Crippen molar-refractivity contribution in [1.82, 2.24) is 10.3 Å². The highest BCUT2D eigenvalue weighted by Gasteiger charge is 2.21. The van der Waals surface area contributed by atoms with Crippen molar-refractivity contribution in [3.63, 3.8) is 0 Å². The molecule has 2 heteroatoms. The predicted octanol–water partition coefficient (Wildman–Crippen LogP) is 4.09. The lowest BCUT2D eigenvalue weighted by atomic mass is 9.83. The molecule has 0 amide bonds. The number of pyridine rings is 1. The van der Waals surface area contributed by atoms with Crippen LogP contribution < -0.4 is 5.32 Å². The number of nitrogens with one attached hydrogen (secondary N) is 1. The molecule has 1 aliphatic rings. The van der Waals surface area contributed by atoms with Crippen molar-refractivity contribution in [2.75, 3.05) is 0 Å². The number of rotatable bonds is 5. The second-order valence-electron chi connectivity index (χ2n) is 5.68. The largest absolute Gasteiger partial charge is 0.307 e. The molecule has 1 N–H and O–H groups in total. The van der Waals surface area contributed by atoms with Gasteiger partial charge in [-0.15, -0.1) is 0 Å². The molecule has 2 rings (SSSR count). The molecule has 1 fully saturated rings. The van der Waals surface area contributed by atoms with Gasteiger partial charge >= 0.3 is 0 Å². The lowest BCUT2D eigenvalue weighted by molar-refractivity contribution is 0.266. The maximum Gasteiger partial charge on any atom is 0.0295 e. The van der Waals surface area contributed by atoms with Gasteiger partial charge in [0.05, 0.1) is 0 Å². The molecular formula is C16H26N2. The van der Waals surface area contributed by atoms with Gasteiger partial charge in [-0.2, -0.15) is 0 Å². The van der Waals surface area contributed by atoms with E-state index >= 15 is 0 Å². The third-order valence-electron chi connectivity index (χ3n) is 4.24. The van der Waals surface area contributed by atoms with E-state index in [0.29, 0.717) is 12.1 Å². The van der Waals surface area contributed by atoms with Gasteiger partial charge in [0.25, 0.3) is 0 Å². The summed E-state index contributed by atoms with van der Waals surface area (Å²) >= 11 is 0. The molecule has 0 radical (unpaired) electrons. The van der Waals surface area contributed by atoms with E-state index in [1.54, 1.807) is 0 Å². The molecule has 0 aliphatic heterocycles. The van der Waals surface area contributed by atoms with Gasteiger partial charge < -0.3 is 5.32 Å². The lowest BCUT2D eigenvalue weighted by Gasteiger charge is -2.31. The highest BCUT2D eigenvalue weighted by Crippen LogP contribution is 2.28. The van der Waals surface area contributed by atoms with E-state index in [1.807, 2.05) is 12.4 Å². The van der Waals surface area contributed by atoms with Crippen LogP contribution in [0, 0.1) is 5.92 Å². The van der Waals surface area contributed by atoms with Crippen LogP contribution >= 0.6 is 0 Å². The zero-order valence-corrected chi connectivity index (χ0v) is 11.7. The molecular weight excluding hydrogens is 220 g/mol. The van der Waals surface area contributed by atoms with E-state index in [1.165, 1.54) is 44.1 Å².